The number of aromatic nitrogens is 4. The van der Waals surface area contributed by atoms with Crippen LogP contribution in [0.4, 0.5) is 28.7 Å². The summed E-state index contributed by atoms with van der Waals surface area (Å²) in [5.74, 6) is -2.67. The van der Waals surface area contributed by atoms with E-state index in [1.54, 1.807) is 24.3 Å². The summed E-state index contributed by atoms with van der Waals surface area (Å²) < 4.78 is 64.8. The molecular weight excluding hydrogens is 860 g/mol. The lowest BCUT2D eigenvalue weighted by atomic mass is 10.1. The Morgan fingerprint density at radius 1 is 0.898 bits per heavy atom. The lowest BCUT2D eigenvalue weighted by Crippen LogP contribution is -2.34. The zero-order valence-electron chi connectivity index (χ0n) is 29.4. The summed E-state index contributed by atoms with van der Waals surface area (Å²) in [4.78, 5) is 36.8. The van der Waals surface area contributed by atoms with Gasteiger partial charge in [0.05, 0.1) is 57.8 Å². The molecule has 0 aliphatic carbocycles. The lowest BCUT2D eigenvalue weighted by Gasteiger charge is -2.11. The van der Waals surface area contributed by atoms with E-state index in [0.29, 0.717) is 28.5 Å². The monoisotopic (exact) mass is 885 g/mol. The van der Waals surface area contributed by atoms with Gasteiger partial charge in [0.15, 0.2) is 15.6 Å². The van der Waals surface area contributed by atoms with Gasteiger partial charge in [-0.2, -0.15) is 18.5 Å². The molecule has 2 heterocycles. The number of hydrogen-bond donors (Lipinski definition) is 6. The topological polar surface area (TPSA) is 302 Å². The number of anilines is 3. The van der Waals surface area contributed by atoms with Crippen molar-refractivity contribution in [1.82, 2.24) is 15.0 Å². The molecule has 1 amide bonds. The van der Waals surface area contributed by atoms with Crippen LogP contribution in [-0.2, 0) is 33.8 Å². The normalized spacial score (nSPS) is 11.8. The maximum atomic E-state index is 12.9. The van der Waals surface area contributed by atoms with Gasteiger partial charge in [-0.15, -0.1) is 9.45 Å². The van der Waals surface area contributed by atoms with E-state index in [9.17, 15) is 36.6 Å². The van der Waals surface area contributed by atoms with E-state index in [1.807, 2.05) is 0 Å². The lowest BCUT2D eigenvalue weighted by molar-refractivity contribution is -0.603. The maximum absolute atomic E-state index is 12.9. The van der Waals surface area contributed by atoms with Crippen LogP contribution < -0.4 is 15.2 Å². The molecule has 2 aromatic heterocycles. The second kappa shape index (κ2) is 18.1. The summed E-state index contributed by atoms with van der Waals surface area (Å²) in [5.41, 5.74) is 1.10. The number of carbonyl (C=O) groups is 2. The minimum atomic E-state index is -4.80. The number of benzene rings is 4. The fraction of sp³-hybridized carbons (Fsp3) is 0.0588. The van der Waals surface area contributed by atoms with Crippen LogP contribution in [0.25, 0.3) is 16.7 Å². The summed E-state index contributed by atoms with van der Waals surface area (Å²) in [6, 6.07) is 20.2. The maximum Gasteiger partial charge on any atom is 0.444 e. The van der Waals surface area contributed by atoms with E-state index in [4.69, 9.17) is 21.4 Å². The fourth-order valence-electron chi connectivity index (χ4n) is 5.11. The van der Waals surface area contributed by atoms with Gasteiger partial charge in [0.25, 0.3) is 5.91 Å². The zero-order valence-corrected chi connectivity index (χ0v) is 32.6. The number of phenols is 1. The molecule has 0 radical (unpaired) electrons. The summed E-state index contributed by atoms with van der Waals surface area (Å²) in [6.45, 7) is -0.786. The molecule has 0 saturated heterocycles. The number of halogens is 1. The molecule has 0 saturated carbocycles. The third-order valence-corrected chi connectivity index (χ3v) is 10.7. The van der Waals surface area contributed by atoms with Crippen molar-refractivity contribution in [3.05, 3.63) is 114 Å². The zero-order chi connectivity index (χ0) is 42.3. The van der Waals surface area contributed by atoms with Crippen molar-refractivity contribution in [2.45, 2.75) is 9.79 Å². The van der Waals surface area contributed by atoms with Crippen LogP contribution in [0.1, 0.15) is 20.7 Å². The molecule has 0 aliphatic heterocycles. The Labute approximate surface area is 341 Å². The molecule has 0 spiro atoms. The minimum absolute atomic E-state index is 0.00866. The number of fused-ring (bicyclic) bond motifs is 1. The Morgan fingerprint density at radius 2 is 1.63 bits per heavy atom. The van der Waals surface area contributed by atoms with Gasteiger partial charge in [-0.1, -0.05) is 5.04 Å². The first-order valence-electron chi connectivity index (χ1n) is 16.2. The first-order chi connectivity index (χ1) is 28.1. The number of hydrogen-bond acceptors (Lipinski definition) is 18. The van der Waals surface area contributed by atoms with E-state index >= 15 is 0 Å². The number of carboxylic acids is 1. The summed E-state index contributed by atoms with van der Waals surface area (Å²) in [5, 5.41) is 47.8. The Kier molecular flexibility index (Phi) is 13.0. The number of nitrogens with zero attached hydrogens (tertiary/aromatic N) is 6. The van der Waals surface area contributed by atoms with Crippen molar-refractivity contribution in [2.75, 3.05) is 23.0 Å². The number of nitrogens with one attached hydrogen (secondary N) is 2. The highest BCUT2D eigenvalue weighted by Crippen LogP contribution is 2.44. The van der Waals surface area contributed by atoms with Crippen LogP contribution >= 0.6 is 23.6 Å². The van der Waals surface area contributed by atoms with Crippen molar-refractivity contribution in [3.63, 3.8) is 0 Å². The standard InChI is InChI=1S/C34H25ClN8O13S3/c35-32-38-33(40-34(39-32)43-13-1-2-20(18-43)31(46)47)37-24-9-12-26-21(16-24)17-27(57-56-55-48)28(29(26)44)42-41-23-5-3-19(4-6-23)30(45)36-22-7-10-25(11-8-22)58(49,50)15-14-54-59(51,52)53/h1-13,16-18H,14-15H2,(H5-,36,37,38,39,40,41,44,45,46,47,48,51,52,53)/p+1. The summed E-state index contributed by atoms with van der Waals surface area (Å²) >= 11 is 6.66. The third kappa shape index (κ3) is 11.0. The summed E-state index contributed by atoms with van der Waals surface area (Å²) in [6.07, 6.45) is 2.85. The van der Waals surface area contributed by atoms with Crippen molar-refractivity contribution in [2.24, 2.45) is 10.2 Å². The van der Waals surface area contributed by atoms with Crippen molar-refractivity contribution in [3.8, 4) is 11.7 Å². The molecule has 59 heavy (non-hydrogen) atoms. The highest BCUT2D eigenvalue weighted by Gasteiger charge is 2.21. The van der Waals surface area contributed by atoms with Crippen LogP contribution in [-0.4, -0.2) is 76.0 Å². The second-order valence-corrected chi connectivity index (χ2v) is 16.0. The number of sulfone groups is 1. The fourth-order valence-corrected chi connectivity index (χ4v) is 7.25. The molecule has 0 atom stereocenters. The van der Waals surface area contributed by atoms with E-state index < -0.39 is 44.5 Å². The van der Waals surface area contributed by atoms with Crippen LogP contribution in [0.3, 0.4) is 0 Å². The van der Waals surface area contributed by atoms with Crippen LogP contribution in [0, 0.1) is 0 Å². The molecule has 21 nitrogen and oxygen atoms in total. The van der Waals surface area contributed by atoms with Crippen LogP contribution in [0.15, 0.2) is 117 Å². The van der Waals surface area contributed by atoms with E-state index in [-0.39, 0.29) is 60.9 Å². The molecule has 0 fully saturated rings. The van der Waals surface area contributed by atoms with Gasteiger partial charge in [0.1, 0.15) is 5.69 Å². The molecule has 4 aromatic carbocycles. The van der Waals surface area contributed by atoms with Gasteiger partial charge in [-0.05, 0) is 112 Å². The van der Waals surface area contributed by atoms with Crippen molar-refractivity contribution in [1.29, 1.82) is 0 Å². The number of azo groups is 1. The van der Waals surface area contributed by atoms with Crippen LogP contribution in [0.2, 0.25) is 5.28 Å². The molecule has 0 aliphatic rings. The van der Waals surface area contributed by atoms with Crippen molar-refractivity contribution >= 4 is 95.2 Å². The van der Waals surface area contributed by atoms with Crippen molar-refractivity contribution < 1.29 is 64.6 Å². The largest absolute Gasteiger partial charge is 0.505 e. The molecule has 25 heteroatoms. The molecule has 304 valence electrons. The quantitative estimate of drug-likeness (QED) is 0.0167. The molecule has 0 unspecified atom stereocenters. The first kappa shape index (κ1) is 42.4. The van der Waals surface area contributed by atoms with Gasteiger partial charge >= 0.3 is 33.5 Å². The number of rotatable bonds is 16. The molecule has 6 N–H and O–H groups in total. The van der Waals surface area contributed by atoms with E-state index in [2.05, 4.69) is 49.4 Å². The highest BCUT2D eigenvalue weighted by molar-refractivity contribution is 7.94. The van der Waals surface area contributed by atoms with Gasteiger partial charge in [-0.25, -0.2) is 27.2 Å². The SMILES string of the molecule is O=C(O)c1ccc[n+](-c2nc(Cl)nc(Nc3ccc4c(O)c(N=Nc5ccc(C(=O)Nc6ccc(S(=O)(=O)CCOS(=O)(=O)O)cc6)cc5)c(SOOO)cc4c3)n2)c1. The number of phenolic OH excluding ortho intramolecular Hbond substituents is 1. The number of aromatic carboxylic acids is 1. The van der Waals surface area contributed by atoms with Gasteiger partial charge < -0.3 is 20.8 Å². The molecule has 6 rings (SSSR count). The van der Waals surface area contributed by atoms with Gasteiger partial charge in [-0.3, -0.25) is 9.35 Å². The smallest absolute Gasteiger partial charge is 0.444 e. The summed E-state index contributed by atoms with van der Waals surface area (Å²) in [7, 11) is -8.75. The average molecular weight is 886 g/mol. The second-order valence-electron chi connectivity index (χ2n) is 11.7. The predicted molar refractivity (Wildman–Crippen MR) is 207 cm³/mol. The number of amides is 1. The third-order valence-electron chi connectivity index (χ3n) is 7.79. The first-order valence-corrected chi connectivity index (χ1v) is 20.4. The predicted octanol–water partition coefficient (Wildman–Crippen LogP) is 5.79. The van der Waals surface area contributed by atoms with Gasteiger partial charge in [0.2, 0.25) is 0 Å². The molecular formula is C34H26ClN8O13S3+. The van der Waals surface area contributed by atoms with Crippen LogP contribution in [0.5, 0.6) is 5.75 Å². The minimum Gasteiger partial charge on any atom is -0.505 e. The van der Waals surface area contributed by atoms with Gasteiger partial charge in [0, 0.05) is 22.3 Å². The number of carboxylic acid groups (broad SMARTS) is 1. The Balaban J connectivity index is 1.16. The number of pyridine rings is 1. The Bertz CT molecular complexity index is 2820. The Hall–Kier alpha value is -6.22. The van der Waals surface area contributed by atoms with E-state index in [1.165, 1.54) is 77.6 Å². The molecule has 6 aromatic rings. The number of aromatic hydroxyl groups is 1. The number of carbonyl (C=O) groups excluding carboxylic acids is 1. The van der Waals surface area contributed by atoms with E-state index in [0.717, 1.165) is 0 Å². The highest BCUT2D eigenvalue weighted by atomic mass is 35.5. The Morgan fingerprint density at radius 3 is 2.32 bits per heavy atom. The average Bonchev–Trinajstić information content (AvgIpc) is 3.19. The molecule has 0 bridgehead atoms.